The summed E-state index contributed by atoms with van der Waals surface area (Å²) in [6.07, 6.45) is 2.37. The molecule has 2 aromatic heterocycles. The number of thioether (sulfide) groups is 1. The van der Waals surface area contributed by atoms with E-state index in [0.717, 1.165) is 22.9 Å². The van der Waals surface area contributed by atoms with Gasteiger partial charge in [-0.3, -0.25) is 18.9 Å². The molecular formula is C28H24N4O3S2. The van der Waals surface area contributed by atoms with Crippen LogP contribution in [0.5, 0.6) is 0 Å². The molecule has 4 aromatic rings. The van der Waals surface area contributed by atoms with Gasteiger partial charge in [0.2, 0.25) is 0 Å². The first-order valence-corrected chi connectivity index (χ1v) is 13.0. The average Bonchev–Trinajstić information content (AvgIpc) is 3.21. The van der Waals surface area contributed by atoms with Gasteiger partial charge in [0.05, 0.1) is 22.6 Å². The SMILES string of the molecule is C[C@@H](c1ccccc1)N1C(=O)/C(=C/c2c(NC[C@@H](O)c3ccccc3)nc3ccccn3c2=O)SC1=S. The van der Waals surface area contributed by atoms with E-state index >= 15 is 0 Å². The molecule has 0 bridgehead atoms. The number of pyridine rings is 1. The van der Waals surface area contributed by atoms with Crippen LogP contribution in [0.3, 0.4) is 0 Å². The second kappa shape index (κ2) is 10.7. The molecule has 5 rings (SSSR count). The fourth-order valence-electron chi connectivity index (χ4n) is 4.18. The van der Waals surface area contributed by atoms with Crippen LogP contribution in [0.1, 0.15) is 35.8 Å². The molecule has 2 aromatic carbocycles. The van der Waals surface area contributed by atoms with E-state index in [4.69, 9.17) is 12.2 Å². The quantitative estimate of drug-likeness (QED) is 0.263. The van der Waals surface area contributed by atoms with Gasteiger partial charge in [0.15, 0.2) is 0 Å². The third-order valence-electron chi connectivity index (χ3n) is 6.18. The van der Waals surface area contributed by atoms with Gasteiger partial charge in [-0.05, 0) is 36.3 Å². The molecule has 0 spiro atoms. The number of benzene rings is 2. The standard InChI is InChI=1S/C28H24N4O3S2/c1-18(19-10-4-2-5-11-19)32-27(35)23(37-28(32)36)16-21-25(29-17-22(33)20-12-6-3-7-13-20)30-24-14-8-9-15-31(24)26(21)34/h2-16,18,22,29,33H,17H2,1H3/b23-16-/t18-,22+/m0/s1. The first kappa shape index (κ1) is 24.9. The largest absolute Gasteiger partial charge is 0.387 e. The highest BCUT2D eigenvalue weighted by atomic mass is 32.2. The number of thiocarbonyl (C=S) groups is 1. The van der Waals surface area contributed by atoms with Gasteiger partial charge in [-0.15, -0.1) is 0 Å². The Bertz CT molecular complexity index is 1550. The number of hydrogen-bond donors (Lipinski definition) is 2. The molecule has 0 unspecified atom stereocenters. The van der Waals surface area contributed by atoms with Crippen molar-refractivity contribution >= 4 is 51.7 Å². The third kappa shape index (κ3) is 5.06. The minimum Gasteiger partial charge on any atom is -0.387 e. The fraction of sp³-hybridized carbons (Fsp3) is 0.143. The Morgan fingerprint density at radius 2 is 1.65 bits per heavy atom. The molecule has 186 valence electrons. The molecule has 9 heteroatoms. The second-order valence-corrected chi connectivity index (χ2v) is 10.2. The number of amides is 1. The van der Waals surface area contributed by atoms with Crippen LogP contribution in [-0.2, 0) is 4.79 Å². The van der Waals surface area contributed by atoms with Crippen molar-refractivity contribution in [2.45, 2.75) is 19.1 Å². The van der Waals surface area contributed by atoms with Gasteiger partial charge in [-0.25, -0.2) is 4.98 Å². The molecule has 7 nitrogen and oxygen atoms in total. The van der Waals surface area contributed by atoms with E-state index in [0.29, 0.717) is 14.9 Å². The summed E-state index contributed by atoms with van der Waals surface area (Å²) in [5.41, 5.74) is 2.04. The normalized spacial score (nSPS) is 16.4. The zero-order chi connectivity index (χ0) is 25.9. The molecule has 2 N–H and O–H groups in total. The van der Waals surface area contributed by atoms with Crippen molar-refractivity contribution in [1.29, 1.82) is 0 Å². The molecule has 1 fully saturated rings. The maximum absolute atomic E-state index is 13.5. The average molecular weight is 529 g/mol. The van der Waals surface area contributed by atoms with E-state index < -0.39 is 6.10 Å². The third-order valence-corrected chi connectivity index (χ3v) is 7.51. The summed E-state index contributed by atoms with van der Waals surface area (Å²) in [7, 11) is 0. The van der Waals surface area contributed by atoms with Crippen molar-refractivity contribution in [3.63, 3.8) is 0 Å². The number of aliphatic hydroxyl groups is 1. The molecule has 0 radical (unpaired) electrons. The van der Waals surface area contributed by atoms with Gasteiger partial charge in [-0.1, -0.05) is 90.7 Å². The topological polar surface area (TPSA) is 86.9 Å². The fourth-order valence-corrected chi connectivity index (χ4v) is 5.58. The molecule has 3 heterocycles. The summed E-state index contributed by atoms with van der Waals surface area (Å²) < 4.78 is 1.85. The van der Waals surface area contributed by atoms with E-state index in [1.807, 2.05) is 67.6 Å². The lowest BCUT2D eigenvalue weighted by atomic mass is 10.1. The number of carbonyl (C=O) groups is 1. The molecule has 37 heavy (non-hydrogen) atoms. The van der Waals surface area contributed by atoms with E-state index in [1.165, 1.54) is 4.40 Å². The highest BCUT2D eigenvalue weighted by molar-refractivity contribution is 8.26. The summed E-state index contributed by atoms with van der Waals surface area (Å²) >= 11 is 6.71. The Balaban J connectivity index is 1.50. The van der Waals surface area contributed by atoms with Crippen LogP contribution in [0.15, 0.2) is 94.8 Å². The number of anilines is 1. The lowest BCUT2D eigenvalue weighted by Gasteiger charge is -2.23. The molecule has 2 atom stereocenters. The number of aromatic nitrogens is 2. The van der Waals surface area contributed by atoms with E-state index in [9.17, 15) is 14.7 Å². The van der Waals surface area contributed by atoms with Crippen LogP contribution in [-0.4, -0.2) is 36.2 Å². The van der Waals surface area contributed by atoms with Crippen molar-refractivity contribution in [2.75, 3.05) is 11.9 Å². The summed E-state index contributed by atoms with van der Waals surface area (Å²) in [4.78, 5) is 33.4. The smallest absolute Gasteiger partial charge is 0.267 e. The molecule has 1 saturated heterocycles. The summed E-state index contributed by atoms with van der Waals surface area (Å²) in [6, 6.07) is 23.9. The lowest BCUT2D eigenvalue weighted by molar-refractivity contribution is -0.123. The van der Waals surface area contributed by atoms with Gasteiger partial charge in [-0.2, -0.15) is 0 Å². The maximum atomic E-state index is 13.5. The lowest BCUT2D eigenvalue weighted by Crippen LogP contribution is -2.31. The highest BCUT2D eigenvalue weighted by Crippen LogP contribution is 2.38. The van der Waals surface area contributed by atoms with E-state index in [2.05, 4.69) is 10.3 Å². The summed E-state index contributed by atoms with van der Waals surface area (Å²) in [5.74, 6) is 0.0201. The van der Waals surface area contributed by atoms with Gasteiger partial charge < -0.3 is 10.4 Å². The minimum absolute atomic E-state index is 0.131. The van der Waals surface area contributed by atoms with E-state index in [-0.39, 0.29) is 35.4 Å². The van der Waals surface area contributed by atoms with Crippen LogP contribution in [0, 0.1) is 0 Å². The number of rotatable bonds is 7. The Hall–Kier alpha value is -3.79. The summed E-state index contributed by atoms with van der Waals surface area (Å²) in [6.45, 7) is 2.06. The van der Waals surface area contributed by atoms with E-state index in [1.54, 1.807) is 35.4 Å². The number of hydrogen-bond acceptors (Lipinski definition) is 7. The van der Waals surface area contributed by atoms with Gasteiger partial charge in [0.1, 0.15) is 15.8 Å². The number of aliphatic hydroxyl groups excluding tert-OH is 1. The number of nitrogens with one attached hydrogen (secondary N) is 1. The molecule has 0 aliphatic carbocycles. The summed E-state index contributed by atoms with van der Waals surface area (Å²) in [5, 5.41) is 13.8. The zero-order valence-electron chi connectivity index (χ0n) is 19.9. The highest BCUT2D eigenvalue weighted by Gasteiger charge is 2.36. The number of nitrogens with zero attached hydrogens (tertiary/aromatic N) is 3. The number of carbonyl (C=O) groups excluding carboxylic acids is 1. The predicted molar refractivity (Wildman–Crippen MR) is 151 cm³/mol. The van der Waals surface area contributed by atoms with Crippen molar-refractivity contribution in [3.8, 4) is 0 Å². The van der Waals surface area contributed by atoms with Crippen molar-refractivity contribution in [3.05, 3.63) is 117 Å². The predicted octanol–water partition coefficient (Wildman–Crippen LogP) is 4.80. The molecule has 0 saturated carbocycles. The van der Waals surface area contributed by atoms with Crippen LogP contribution in [0.2, 0.25) is 0 Å². The Kier molecular flexibility index (Phi) is 7.18. The van der Waals surface area contributed by atoms with Crippen molar-refractivity contribution in [2.24, 2.45) is 0 Å². The van der Waals surface area contributed by atoms with Crippen molar-refractivity contribution in [1.82, 2.24) is 14.3 Å². The second-order valence-electron chi connectivity index (χ2n) is 8.55. The Morgan fingerprint density at radius 1 is 1.00 bits per heavy atom. The molecular weight excluding hydrogens is 504 g/mol. The van der Waals surface area contributed by atoms with Crippen molar-refractivity contribution < 1.29 is 9.90 Å². The van der Waals surface area contributed by atoms with Crippen LogP contribution >= 0.6 is 24.0 Å². The van der Waals surface area contributed by atoms with Crippen LogP contribution in [0.4, 0.5) is 5.82 Å². The van der Waals surface area contributed by atoms with Crippen LogP contribution < -0.4 is 10.9 Å². The first-order chi connectivity index (χ1) is 17.9. The number of fused-ring (bicyclic) bond motifs is 1. The van der Waals surface area contributed by atoms with Gasteiger partial charge in [0, 0.05) is 12.7 Å². The molecule has 1 aliphatic heterocycles. The molecule has 1 aliphatic rings. The first-order valence-electron chi connectivity index (χ1n) is 11.7. The Morgan fingerprint density at radius 3 is 2.35 bits per heavy atom. The maximum Gasteiger partial charge on any atom is 0.267 e. The minimum atomic E-state index is -0.810. The Labute approximate surface area is 223 Å². The zero-order valence-corrected chi connectivity index (χ0v) is 21.6. The van der Waals surface area contributed by atoms with Gasteiger partial charge in [0.25, 0.3) is 11.5 Å². The van der Waals surface area contributed by atoms with Crippen LogP contribution in [0.25, 0.3) is 11.7 Å². The van der Waals surface area contributed by atoms with Gasteiger partial charge >= 0.3 is 0 Å². The molecule has 1 amide bonds. The monoisotopic (exact) mass is 528 g/mol.